The van der Waals surface area contributed by atoms with Crippen molar-refractivity contribution in [3.05, 3.63) is 213 Å². The molecular formula is C74H87IN10O10. The summed E-state index contributed by atoms with van der Waals surface area (Å²) in [6.07, 6.45) is 10.9. The maximum Gasteiger partial charge on any atom is 0.332 e. The quantitative estimate of drug-likeness (QED) is 0.0326. The minimum absolute atomic E-state index is 0. The lowest BCUT2D eigenvalue weighted by atomic mass is 9.98. The molecule has 2 aliphatic heterocycles. The molecule has 9 aromatic rings. The summed E-state index contributed by atoms with van der Waals surface area (Å²) in [5, 5.41) is 12.0. The Balaban J connectivity index is 0.000000199. The smallest absolute Gasteiger partial charge is 0.332 e. The number of carbonyl (C=O) groups excluding carboxylic acids is 1. The topological polar surface area (TPSA) is 222 Å². The van der Waals surface area contributed by atoms with Gasteiger partial charge in [0.2, 0.25) is 0 Å². The van der Waals surface area contributed by atoms with Gasteiger partial charge in [-0.3, -0.25) is 19.8 Å². The monoisotopic (exact) mass is 1400 g/mol. The van der Waals surface area contributed by atoms with Crippen LogP contribution >= 0.6 is 24.0 Å². The molecule has 2 fully saturated rings. The first-order valence-corrected chi connectivity index (χ1v) is 31.2. The number of carboxylic acid groups (broad SMARTS) is 1. The van der Waals surface area contributed by atoms with E-state index in [1.54, 1.807) is 53.1 Å². The summed E-state index contributed by atoms with van der Waals surface area (Å²) in [6.45, 7) is 9.69. The highest BCUT2D eigenvalue weighted by molar-refractivity contribution is 14.0. The molecule has 20 nitrogen and oxygen atoms in total. The fraction of sp³-hybridized carbons (Fsp3) is 0.297. The van der Waals surface area contributed by atoms with Crippen molar-refractivity contribution < 1.29 is 47.9 Å². The van der Waals surface area contributed by atoms with E-state index in [1.807, 2.05) is 197 Å². The molecule has 11 rings (SSSR count). The zero-order valence-electron chi connectivity index (χ0n) is 55.0. The zero-order valence-corrected chi connectivity index (χ0v) is 57.4. The van der Waals surface area contributed by atoms with Gasteiger partial charge in [-0.25, -0.2) is 19.6 Å². The Morgan fingerprint density at radius 3 is 1.32 bits per heavy atom. The lowest BCUT2D eigenvalue weighted by Crippen LogP contribution is -2.36. The molecule has 2 aliphatic rings. The van der Waals surface area contributed by atoms with Crippen LogP contribution in [0.3, 0.4) is 0 Å². The number of nitrogens with one attached hydrogen (secondary N) is 1. The number of methoxy groups -OCH3 is 4. The van der Waals surface area contributed by atoms with E-state index in [0.717, 1.165) is 138 Å². The molecule has 0 atom stereocenters. The zero-order chi connectivity index (χ0) is 66.5. The fourth-order valence-electron chi connectivity index (χ4n) is 10.4. The van der Waals surface area contributed by atoms with Crippen LogP contribution < -0.4 is 49.6 Å². The van der Waals surface area contributed by atoms with Crippen molar-refractivity contribution in [2.24, 2.45) is 11.8 Å². The molecule has 0 radical (unpaired) electrons. The lowest BCUT2D eigenvalue weighted by Gasteiger charge is -2.33. The number of benzene rings is 7. The second-order valence-corrected chi connectivity index (χ2v) is 23.1. The van der Waals surface area contributed by atoms with E-state index in [9.17, 15) is 9.59 Å². The van der Waals surface area contributed by atoms with Gasteiger partial charge in [0.15, 0.2) is 11.6 Å². The average molecular weight is 1400 g/mol. The number of carboxylic acids is 1. The van der Waals surface area contributed by atoms with Crippen LogP contribution in [0.25, 0.3) is 0 Å². The first kappa shape index (κ1) is 72.7. The molecule has 0 aliphatic carbocycles. The number of hydrogen-bond acceptors (Lipinski definition) is 19. The van der Waals surface area contributed by atoms with E-state index in [-0.39, 0.29) is 43.2 Å². The van der Waals surface area contributed by atoms with Crippen LogP contribution in [0, 0.1) is 11.8 Å². The third-order valence-corrected chi connectivity index (χ3v) is 15.0. The number of para-hydroxylation sites is 3. The molecule has 2 saturated heterocycles. The van der Waals surface area contributed by atoms with Crippen molar-refractivity contribution in [2.75, 3.05) is 112 Å². The summed E-state index contributed by atoms with van der Waals surface area (Å²) >= 11 is 0. The highest BCUT2D eigenvalue weighted by Gasteiger charge is 2.26. The second-order valence-electron chi connectivity index (χ2n) is 23.1. The van der Waals surface area contributed by atoms with Gasteiger partial charge in [-0.2, -0.15) is 0 Å². The first-order valence-electron chi connectivity index (χ1n) is 31.2. The highest BCUT2D eigenvalue weighted by Crippen LogP contribution is 2.38. The van der Waals surface area contributed by atoms with E-state index >= 15 is 0 Å². The van der Waals surface area contributed by atoms with Crippen LogP contribution in [0.1, 0.15) is 46.5 Å². The number of esters is 1. The summed E-state index contributed by atoms with van der Waals surface area (Å²) in [5.41, 5.74) is 11.6. The van der Waals surface area contributed by atoms with Crippen molar-refractivity contribution in [2.45, 2.75) is 52.1 Å². The summed E-state index contributed by atoms with van der Waals surface area (Å²) < 4.78 is 37.2. The number of anilines is 11. The largest absolute Gasteiger partial charge is 0.497 e. The summed E-state index contributed by atoms with van der Waals surface area (Å²) in [4.78, 5) is 50.1. The Morgan fingerprint density at radius 2 is 0.895 bits per heavy atom. The minimum atomic E-state index is -0.932. The number of nitrogen functional groups attached to an aromatic ring is 1. The first-order chi connectivity index (χ1) is 45.7. The number of ether oxygens (including phenoxy) is 7. The van der Waals surface area contributed by atoms with Crippen LogP contribution in [-0.4, -0.2) is 124 Å². The summed E-state index contributed by atoms with van der Waals surface area (Å²) in [7, 11) is 6.61. The maximum atomic E-state index is 11.9. The maximum absolute atomic E-state index is 11.9. The van der Waals surface area contributed by atoms with Gasteiger partial charge in [0.05, 0.1) is 77.8 Å². The number of nitrogens with zero attached hydrogens (tertiary/aromatic N) is 8. The molecular weight excluding hydrogens is 1320 g/mol. The number of halogens is 1. The molecule has 0 unspecified atom stereocenters. The van der Waals surface area contributed by atoms with Crippen molar-refractivity contribution in [1.29, 1.82) is 0 Å². The van der Waals surface area contributed by atoms with Crippen molar-refractivity contribution >= 4 is 99.0 Å². The van der Waals surface area contributed by atoms with Gasteiger partial charge in [0.1, 0.15) is 53.4 Å². The third-order valence-electron chi connectivity index (χ3n) is 15.0. The fourth-order valence-corrected chi connectivity index (χ4v) is 10.4. The van der Waals surface area contributed by atoms with Gasteiger partial charge in [-0.05, 0) is 143 Å². The molecule has 21 heteroatoms. The van der Waals surface area contributed by atoms with E-state index in [2.05, 4.69) is 47.0 Å². The van der Waals surface area contributed by atoms with E-state index in [0.29, 0.717) is 25.0 Å². The van der Waals surface area contributed by atoms with Crippen molar-refractivity contribution in [3.63, 3.8) is 0 Å². The SMILES string of the molecule is COc1cccc(N(c2ccccc2)c2cncc(N3CCC(COCC(=O)O)CC3)n2)c1.COc1cccc(N(c2ccccc2)c2cncc(N3CCC(COCC(=O)OC(C)(C)C)CC3)n2)c1.COc1cccc(N)c1.COc1cccc(Nc2ccccc2)c1.I. The highest BCUT2D eigenvalue weighted by atomic mass is 127. The number of hydrogen-bond donors (Lipinski definition) is 3. The Bertz CT molecular complexity index is 3730. The number of carbonyl (C=O) groups is 2. The summed E-state index contributed by atoms with van der Waals surface area (Å²) in [5.74, 6) is 5.82. The predicted octanol–water partition coefficient (Wildman–Crippen LogP) is 15.1. The molecule has 0 bridgehead atoms. The Labute approximate surface area is 575 Å². The van der Waals surface area contributed by atoms with Gasteiger partial charge >= 0.3 is 11.9 Å². The number of aliphatic carboxylic acids is 1. The standard InChI is InChI=1S/C29H36N4O4.C25H28N4O4.C13H13NO.C7H9NO.HI/c1-29(2,3)37-28(34)21-36-20-22-13-15-32(16-14-22)26-18-30-19-27(31-26)33(23-9-6-5-7-10-23)24-11-8-12-25(17-24)35-4;1-32-22-9-5-8-21(14-22)29(20-6-3-2-4-7-20)24-16-26-15-23(27-24)28-12-10-19(11-13-28)17-33-18-25(30)31;1-15-13-9-5-8-12(10-13)14-11-6-3-2-4-7-11;1-9-7-4-2-3-6(8)5-7;/h5-12,17-19,22H,13-16,20-21H2,1-4H3;2-9,14-16,19H,10-13,17-18H2,1H3,(H,30,31);2-10,14H,1H3;2-5H,8H2,1H3;1H. The second kappa shape index (κ2) is 37.9. The van der Waals surface area contributed by atoms with Gasteiger partial charge in [-0.15, -0.1) is 24.0 Å². The van der Waals surface area contributed by atoms with Gasteiger partial charge in [0.25, 0.3) is 0 Å². The lowest BCUT2D eigenvalue weighted by molar-refractivity contribution is -0.160. The molecule has 2 aromatic heterocycles. The molecule has 0 saturated carbocycles. The van der Waals surface area contributed by atoms with Crippen molar-refractivity contribution in [3.8, 4) is 23.0 Å². The van der Waals surface area contributed by atoms with E-state index in [1.165, 1.54) is 0 Å². The Hall–Kier alpha value is -9.71. The molecule has 500 valence electrons. The molecule has 95 heavy (non-hydrogen) atoms. The molecule has 4 N–H and O–H groups in total. The molecule has 4 heterocycles. The Kier molecular flexibility index (Phi) is 29.0. The number of piperidine rings is 2. The van der Waals surface area contributed by atoms with Crippen molar-refractivity contribution in [1.82, 2.24) is 19.9 Å². The third kappa shape index (κ3) is 23.7. The van der Waals surface area contributed by atoms with Crippen LogP contribution in [-0.2, 0) is 23.8 Å². The Morgan fingerprint density at radius 1 is 0.505 bits per heavy atom. The number of aromatic nitrogens is 4. The predicted molar refractivity (Wildman–Crippen MR) is 387 cm³/mol. The summed E-state index contributed by atoms with van der Waals surface area (Å²) in [6, 6.07) is 61.2. The normalized spacial score (nSPS) is 12.9. The molecule has 0 spiro atoms. The van der Waals surface area contributed by atoms with Crippen LogP contribution in [0.2, 0.25) is 0 Å². The van der Waals surface area contributed by atoms with Crippen LogP contribution in [0.4, 0.5) is 63.1 Å². The van der Waals surface area contributed by atoms with Crippen LogP contribution in [0.5, 0.6) is 23.0 Å². The van der Waals surface area contributed by atoms with E-state index < -0.39 is 11.6 Å². The van der Waals surface area contributed by atoms with Gasteiger partial charge < -0.3 is 59.1 Å². The average Bonchev–Trinajstić information content (AvgIpc) is 0.815. The van der Waals surface area contributed by atoms with Crippen LogP contribution in [0.15, 0.2) is 213 Å². The molecule has 0 amide bonds. The van der Waals surface area contributed by atoms with Gasteiger partial charge in [0, 0.05) is 78.9 Å². The number of rotatable bonds is 22. The van der Waals surface area contributed by atoms with E-state index in [4.69, 9.17) is 54.0 Å². The molecule has 7 aromatic carbocycles. The minimum Gasteiger partial charge on any atom is -0.497 e. The van der Waals surface area contributed by atoms with Gasteiger partial charge in [-0.1, -0.05) is 78.9 Å². The number of nitrogens with two attached hydrogens (primary N) is 1.